The minimum atomic E-state index is 0.265. The minimum Gasteiger partial charge on any atom is -0.376 e. The maximum Gasteiger partial charge on any atom is 0.168 e. The molecule has 3 heteroatoms. The molecule has 11 heavy (non-hydrogen) atoms. The van der Waals surface area contributed by atoms with Gasteiger partial charge in [-0.15, -0.1) is 0 Å². The van der Waals surface area contributed by atoms with E-state index in [1.807, 2.05) is 24.3 Å². The molecular formula is C8H9N2S. The molecule has 0 heterocycles. The first-order valence-electron chi connectivity index (χ1n) is 3.17. The highest BCUT2D eigenvalue weighted by atomic mass is 32.1. The molecule has 0 aliphatic carbocycles. The monoisotopic (exact) mass is 165 g/mol. The summed E-state index contributed by atoms with van der Waals surface area (Å²) in [5, 5.41) is 3.08. The van der Waals surface area contributed by atoms with E-state index < -0.39 is 0 Å². The fourth-order valence-corrected chi connectivity index (χ4v) is 0.885. The molecule has 0 amide bonds. The number of thiocarbonyl (C=S) groups is 1. The maximum atomic E-state index is 5.29. The highest BCUT2D eigenvalue weighted by molar-refractivity contribution is 7.80. The summed E-state index contributed by atoms with van der Waals surface area (Å²) in [6.45, 7) is 3.80. The number of rotatable bonds is 1. The van der Waals surface area contributed by atoms with Crippen molar-refractivity contribution in [2.75, 3.05) is 5.32 Å². The van der Waals surface area contributed by atoms with Gasteiger partial charge in [-0.25, -0.2) is 0 Å². The predicted octanol–water partition coefficient (Wildman–Crippen LogP) is 1.52. The van der Waals surface area contributed by atoms with Gasteiger partial charge in [-0.1, -0.05) is 18.2 Å². The fraction of sp³-hybridized carbons (Fsp3) is 0. The number of benzene rings is 1. The summed E-state index contributed by atoms with van der Waals surface area (Å²) >= 11 is 4.68. The highest BCUT2D eigenvalue weighted by Crippen LogP contribution is 2.11. The van der Waals surface area contributed by atoms with Gasteiger partial charge in [-0.05, 0) is 30.8 Å². The molecule has 0 bridgehead atoms. The lowest BCUT2D eigenvalue weighted by Gasteiger charge is -2.05. The van der Waals surface area contributed by atoms with Gasteiger partial charge in [0.05, 0.1) is 0 Å². The minimum absolute atomic E-state index is 0.265. The number of anilines is 1. The summed E-state index contributed by atoms with van der Waals surface area (Å²) in [4.78, 5) is 0. The Morgan fingerprint density at radius 3 is 2.64 bits per heavy atom. The van der Waals surface area contributed by atoms with Crippen molar-refractivity contribution in [3.05, 3.63) is 36.8 Å². The van der Waals surface area contributed by atoms with E-state index in [1.54, 1.807) is 0 Å². The van der Waals surface area contributed by atoms with Gasteiger partial charge >= 0.3 is 0 Å². The second kappa shape index (κ2) is 3.34. The average Bonchev–Trinajstić information content (AvgIpc) is 1.93. The van der Waals surface area contributed by atoms with Crippen LogP contribution in [0.2, 0.25) is 0 Å². The lowest BCUT2D eigenvalue weighted by molar-refractivity contribution is 1.55. The SMILES string of the molecule is [CH2]c1ccccc1NC(N)=S. The van der Waals surface area contributed by atoms with E-state index in [0.717, 1.165) is 11.3 Å². The summed E-state index contributed by atoms with van der Waals surface area (Å²) in [5.74, 6) is 0. The standard InChI is InChI=1S/C8H9N2S/c1-6-4-2-3-5-7(6)10-8(9)11/h2-5H,1H2,(H3,9,10,11). The van der Waals surface area contributed by atoms with Crippen LogP contribution >= 0.6 is 12.2 Å². The molecule has 0 aliphatic rings. The Morgan fingerprint density at radius 1 is 1.45 bits per heavy atom. The molecular weight excluding hydrogens is 156 g/mol. The third kappa shape index (κ3) is 2.20. The number of hydrogen-bond donors (Lipinski definition) is 2. The van der Waals surface area contributed by atoms with Crippen molar-refractivity contribution in [3.8, 4) is 0 Å². The number of para-hydroxylation sites is 1. The van der Waals surface area contributed by atoms with E-state index in [2.05, 4.69) is 24.5 Å². The van der Waals surface area contributed by atoms with Gasteiger partial charge in [0.15, 0.2) is 5.11 Å². The van der Waals surface area contributed by atoms with E-state index in [9.17, 15) is 0 Å². The average molecular weight is 165 g/mol. The van der Waals surface area contributed by atoms with Crippen molar-refractivity contribution >= 4 is 23.0 Å². The normalized spacial score (nSPS) is 9.18. The quantitative estimate of drug-likeness (QED) is 0.620. The molecule has 2 nitrogen and oxygen atoms in total. The first-order chi connectivity index (χ1) is 5.20. The summed E-state index contributed by atoms with van der Waals surface area (Å²) in [6.07, 6.45) is 0. The first-order valence-corrected chi connectivity index (χ1v) is 3.58. The lowest BCUT2D eigenvalue weighted by Crippen LogP contribution is -2.19. The molecule has 1 aromatic rings. The van der Waals surface area contributed by atoms with E-state index in [0.29, 0.717) is 0 Å². The predicted molar refractivity (Wildman–Crippen MR) is 51.3 cm³/mol. The van der Waals surface area contributed by atoms with Crippen molar-refractivity contribution in [2.24, 2.45) is 5.73 Å². The second-order valence-electron chi connectivity index (χ2n) is 2.15. The van der Waals surface area contributed by atoms with Crippen LogP contribution in [-0.4, -0.2) is 5.11 Å². The van der Waals surface area contributed by atoms with Crippen LogP contribution in [0, 0.1) is 6.92 Å². The van der Waals surface area contributed by atoms with Gasteiger partial charge in [-0.2, -0.15) is 0 Å². The molecule has 1 rings (SSSR count). The molecule has 0 saturated carbocycles. The summed E-state index contributed by atoms with van der Waals surface area (Å²) in [7, 11) is 0. The van der Waals surface area contributed by atoms with Crippen molar-refractivity contribution in [1.29, 1.82) is 0 Å². The summed E-state index contributed by atoms with van der Waals surface area (Å²) in [5.41, 5.74) is 7.04. The van der Waals surface area contributed by atoms with Crippen molar-refractivity contribution < 1.29 is 0 Å². The molecule has 0 saturated heterocycles. The molecule has 0 fully saturated rings. The van der Waals surface area contributed by atoms with Crippen LogP contribution in [-0.2, 0) is 0 Å². The molecule has 0 spiro atoms. The van der Waals surface area contributed by atoms with Crippen molar-refractivity contribution in [2.45, 2.75) is 0 Å². The zero-order valence-electron chi connectivity index (χ0n) is 6.00. The van der Waals surface area contributed by atoms with Crippen LogP contribution in [0.15, 0.2) is 24.3 Å². The lowest BCUT2D eigenvalue weighted by atomic mass is 10.2. The maximum absolute atomic E-state index is 5.29. The number of nitrogens with two attached hydrogens (primary N) is 1. The molecule has 57 valence electrons. The molecule has 0 atom stereocenters. The smallest absolute Gasteiger partial charge is 0.168 e. The highest BCUT2D eigenvalue weighted by Gasteiger charge is 1.94. The molecule has 1 radical (unpaired) electrons. The Hall–Kier alpha value is -1.09. The molecule has 0 aromatic heterocycles. The van der Waals surface area contributed by atoms with E-state index in [1.165, 1.54) is 0 Å². The molecule has 3 N–H and O–H groups in total. The van der Waals surface area contributed by atoms with Gasteiger partial charge in [0.25, 0.3) is 0 Å². The van der Waals surface area contributed by atoms with Gasteiger partial charge < -0.3 is 11.1 Å². The Morgan fingerprint density at radius 2 is 2.09 bits per heavy atom. The molecule has 0 aliphatic heterocycles. The zero-order chi connectivity index (χ0) is 8.27. The van der Waals surface area contributed by atoms with Gasteiger partial charge in [0.1, 0.15) is 0 Å². The van der Waals surface area contributed by atoms with E-state index in [4.69, 9.17) is 5.73 Å². The zero-order valence-corrected chi connectivity index (χ0v) is 6.82. The van der Waals surface area contributed by atoms with Crippen molar-refractivity contribution in [3.63, 3.8) is 0 Å². The van der Waals surface area contributed by atoms with Crippen molar-refractivity contribution in [1.82, 2.24) is 0 Å². The van der Waals surface area contributed by atoms with Crippen LogP contribution in [0.3, 0.4) is 0 Å². The van der Waals surface area contributed by atoms with Gasteiger partial charge in [0, 0.05) is 5.69 Å². The van der Waals surface area contributed by atoms with Gasteiger partial charge in [-0.3, -0.25) is 0 Å². The summed E-state index contributed by atoms with van der Waals surface area (Å²) < 4.78 is 0. The van der Waals surface area contributed by atoms with Crippen LogP contribution in [0.4, 0.5) is 5.69 Å². The third-order valence-electron chi connectivity index (χ3n) is 1.28. The van der Waals surface area contributed by atoms with Crippen LogP contribution < -0.4 is 11.1 Å². The third-order valence-corrected chi connectivity index (χ3v) is 1.38. The topological polar surface area (TPSA) is 38.0 Å². The number of hydrogen-bond acceptors (Lipinski definition) is 1. The molecule has 0 unspecified atom stereocenters. The van der Waals surface area contributed by atoms with Crippen LogP contribution in [0.5, 0.6) is 0 Å². The Balaban J connectivity index is 2.86. The van der Waals surface area contributed by atoms with Crippen LogP contribution in [0.1, 0.15) is 5.56 Å². The second-order valence-corrected chi connectivity index (χ2v) is 2.59. The largest absolute Gasteiger partial charge is 0.376 e. The Kier molecular flexibility index (Phi) is 2.44. The number of nitrogens with one attached hydrogen (secondary N) is 1. The van der Waals surface area contributed by atoms with Gasteiger partial charge in [0.2, 0.25) is 0 Å². The Bertz CT molecular complexity index is 271. The van der Waals surface area contributed by atoms with E-state index >= 15 is 0 Å². The van der Waals surface area contributed by atoms with Crippen LogP contribution in [0.25, 0.3) is 0 Å². The fourth-order valence-electron chi connectivity index (χ4n) is 0.775. The Labute approximate surface area is 71.4 Å². The first kappa shape index (κ1) is 8.01. The van der Waals surface area contributed by atoms with E-state index in [-0.39, 0.29) is 5.11 Å². The molecule has 1 aromatic carbocycles. The summed E-state index contributed by atoms with van der Waals surface area (Å²) in [6, 6.07) is 7.57.